The third-order valence-electron chi connectivity index (χ3n) is 3.48. The highest BCUT2D eigenvalue weighted by Crippen LogP contribution is 2.13. The molecule has 110 valence electrons. The molecule has 0 aromatic heterocycles. The van der Waals surface area contributed by atoms with E-state index in [4.69, 9.17) is 15.6 Å². The number of carbonyl (C=O) groups is 1. The van der Waals surface area contributed by atoms with Gasteiger partial charge >= 0.3 is 0 Å². The molecule has 1 saturated heterocycles. The van der Waals surface area contributed by atoms with E-state index in [-0.39, 0.29) is 24.7 Å². The zero-order chi connectivity index (χ0) is 14.5. The lowest BCUT2D eigenvalue weighted by Crippen LogP contribution is -2.51. The van der Waals surface area contributed by atoms with Crippen molar-refractivity contribution in [2.24, 2.45) is 0 Å². The van der Waals surface area contributed by atoms with Crippen LogP contribution in [0.1, 0.15) is 6.92 Å². The molecule has 2 rings (SSSR count). The molecule has 1 amide bonds. The Bertz CT molecular complexity index is 449. The molecule has 0 aliphatic carbocycles. The number of anilines is 2. The van der Waals surface area contributed by atoms with Crippen LogP contribution in [0.5, 0.6) is 0 Å². The van der Waals surface area contributed by atoms with E-state index in [1.165, 1.54) is 0 Å². The first-order valence-electron chi connectivity index (χ1n) is 6.73. The minimum absolute atomic E-state index is 0.0250. The van der Waals surface area contributed by atoms with Crippen LogP contribution in [-0.2, 0) is 9.53 Å². The molecule has 2 unspecified atom stereocenters. The zero-order valence-electron chi connectivity index (χ0n) is 11.6. The summed E-state index contributed by atoms with van der Waals surface area (Å²) in [4.78, 5) is 14.2. The molecule has 1 heterocycles. The van der Waals surface area contributed by atoms with Crippen molar-refractivity contribution < 1.29 is 14.6 Å². The number of benzene rings is 1. The van der Waals surface area contributed by atoms with Crippen LogP contribution >= 0.6 is 0 Å². The number of hydrogen-bond acceptors (Lipinski definition) is 5. The van der Waals surface area contributed by atoms with E-state index in [9.17, 15) is 4.79 Å². The van der Waals surface area contributed by atoms with Gasteiger partial charge in [-0.1, -0.05) is 0 Å². The van der Waals surface area contributed by atoms with Crippen molar-refractivity contribution in [3.8, 4) is 0 Å². The van der Waals surface area contributed by atoms with Gasteiger partial charge < -0.3 is 20.9 Å². The van der Waals surface area contributed by atoms with Gasteiger partial charge in [-0.25, -0.2) is 0 Å². The smallest absolute Gasteiger partial charge is 0.241 e. The molecule has 0 radical (unpaired) electrons. The number of nitrogen functional groups attached to an aromatic ring is 1. The Morgan fingerprint density at radius 3 is 2.90 bits per heavy atom. The largest absolute Gasteiger partial charge is 0.399 e. The second-order valence-corrected chi connectivity index (χ2v) is 4.96. The lowest BCUT2D eigenvalue weighted by atomic mass is 10.2. The van der Waals surface area contributed by atoms with Gasteiger partial charge in [-0.15, -0.1) is 0 Å². The number of aliphatic hydroxyl groups is 1. The summed E-state index contributed by atoms with van der Waals surface area (Å²) in [7, 11) is 0. The molecule has 0 spiro atoms. The highest BCUT2D eigenvalue weighted by Gasteiger charge is 2.27. The van der Waals surface area contributed by atoms with Crippen LogP contribution in [-0.4, -0.2) is 54.4 Å². The van der Waals surface area contributed by atoms with Gasteiger partial charge in [0.2, 0.25) is 5.91 Å². The van der Waals surface area contributed by atoms with Crippen molar-refractivity contribution in [3.63, 3.8) is 0 Å². The van der Waals surface area contributed by atoms with E-state index in [0.29, 0.717) is 25.4 Å². The van der Waals surface area contributed by atoms with E-state index in [1.807, 2.05) is 11.8 Å². The van der Waals surface area contributed by atoms with Crippen molar-refractivity contribution in [3.05, 3.63) is 24.3 Å². The minimum Gasteiger partial charge on any atom is -0.399 e. The van der Waals surface area contributed by atoms with Gasteiger partial charge in [0.05, 0.1) is 25.4 Å². The third kappa shape index (κ3) is 3.69. The molecule has 20 heavy (non-hydrogen) atoms. The van der Waals surface area contributed by atoms with Crippen molar-refractivity contribution in [1.29, 1.82) is 0 Å². The summed E-state index contributed by atoms with van der Waals surface area (Å²) >= 11 is 0. The van der Waals surface area contributed by atoms with Gasteiger partial charge in [0.25, 0.3) is 0 Å². The van der Waals surface area contributed by atoms with Crippen molar-refractivity contribution in [2.75, 3.05) is 37.4 Å². The van der Waals surface area contributed by atoms with E-state index in [0.717, 1.165) is 5.69 Å². The maximum atomic E-state index is 12.2. The Labute approximate surface area is 118 Å². The molecular weight excluding hydrogens is 258 g/mol. The molecule has 6 heteroatoms. The molecule has 1 aliphatic heterocycles. The summed E-state index contributed by atoms with van der Waals surface area (Å²) in [5, 5.41) is 12.0. The lowest BCUT2D eigenvalue weighted by Gasteiger charge is -2.35. The SMILES string of the molecule is CC(C(=O)Nc1ccc(N)cc1)N1CCOC(CO)C1. The summed E-state index contributed by atoms with van der Waals surface area (Å²) in [5.41, 5.74) is 6.99. The van der Waals surface area contributed by atoms with Gasteiger partial charge in [-0.3, -0.25) is 9.69 Å². The van der Waals surface area contributed by atoms with Crippen molar-refractivity contribution >= 4 is 17.3 Å². The lowest BCUT2D eigenvalue weighted by molar-refractivity contribution is -0.125. The number of carbonyl (C=O) groups excluding carboxylic acids is 1. The number of rotatable bonds is 4. The Hall–Kier alpha value is -1.63. The monoisotopic (exact) mass is 279 g/mol. The molecule has 4 N–H and O–H groups in total. The Kier molecular flexibility index (Phi) is 4.94. The number of hydrogen-bond donors (Lipinski definition) is 3. The normalized spacial score (nSPS) is 21.4. The summed E-state index contributed by atoms with van der Waals surface area (Å²) in [5.74, 6) is -0.0756. The first-order chi connectivity index (χ1) is 9.60. The molecule has 1 aromatic rings. The predicted octanol–water partition coefficient (Wildman–Crippen LogP) is 0.289. The van der Waals surface area contributed by atoms with E-state index < -0.39 is 0 Å². The number of nitrogens with one attached hydrogen (secondary N) is 1. The van der Waals surface area contributed by atoms with Crippen LogP contribution in [0.3, 0.4) is 0 Å². The molecule has 2 atom stereocenters. The summed E-state index contributed by atoms with van der Waals surface area (Å²) < 4.78 is 5.38. The van der Waals surface area contributed by atoms with Gasteiger partial charge in [0.15, 0.2) is 0 Å². The van der Waals surface area contributed by atoms with Gasteiger partial charge in [-0.05, 0) is 31.2 Å². The Balaban J connectivity index is 1.92. The number of nitrogens with zero attached hydrogens (tertiary/aromatic N) is 1. The fraction of sp³-hybridized carbons (Fsp3) is 0.500. The van der Waals surface area contributed by atoms with Crippen LogP contribution in [0.15, 0.2) is 24.3 Å². The molecule has 1 aromatic carbocycles. The molecule has 1 fully saturated rings. The standard InChI is InChI=1S/C14H21N3O3/c1-10(17-6-7-20-13(8-17)9-18)14(19)16-12-4-2-11(15)3-5-12/h2-5,10,13,18H,6-9,15H2,1H3,(H,16,19). The van der Waals surface area contributed by atoms with Crippen molar-refractivity contribution in [1.82, 2.24) is 4.90 Å². The maximum Gasteiger partial charge on any atom is 0.241 e. The average Bonchev–Trinajstić information content (AvgIpc) is 2.48. The fourth-order valence-electron chi connectivity index (χ4n) is 2.18. The van der Waals surface area contributed by atoms with Crippen LogP contribution in [0.2, 0.25) is 0 Å². The van der Waals surface area contributed by atoms with E-state index in [1.54, 1.807) is 24.3 Å². The third-order valence-corrected chi connectivity index (χ3v) is 3.48. The van der Waals surface area contributed by atoms with Gasteiger partial charge in [0, 0.05) is 24.5 Å². The highest BCUT2D eigenvalue weighted by atomic mass is 16.5. The molecule has 6 nitrogen and oxygen atoms in total. The number of morpholine rings is 1. The number of ether oxygens (including phenoxy) is 1. The zero-order valence-corrected chi connectivity index (χ0v) is 11.6. The first kappa shape index (κ1) is 14.8. The molecule has 0 saturated carbocycles. The van der Waals surface area contributed by atoms with E-state index in [2.05, 4.69) is 5.32 Å². The molecule has 1 aliphatic rings. The quantitative estimate of drug-likeness (QED) is 0.689. The minimum atomic E-state index is -0.273. The number of amides is 1. The van der Waals surface area contributed by atoms with Crippen LogP contribution < -0.4 is 11.1 Å². The van der Waals surface area contributed by atoms with Gasteiger partial charge in [-0.2, -0.15) is 0 Å². The average molecular weight is 279 g/mol. The number of nitrogens with two attached hydrogens (primary N) is 1. The van der Waals surface area contributed by atoms with Crippen LogP contribution in [0, 0.1) is 0 Å². The molecular formula is C14H21N3O3. The van der Waals surface area contributed by atoms with Gasteiger partial charge in [0.1, 0.15) is 0 Å². The predicted molar refractivity (Wildman–Crippen MR) is 77.3 cm³/mol. The summed E-state index contributed by atoms with van der Waals surface area (Å²) in [6.45, 7) is 3.61. The van der Waals surface area contributed by atoms with Crippen LogP contribution in [0.4, 0.5) is 11.4 Å². The second kappa shape index (κ2) is 6.69. The Morgan fingerprint density at radius 2 is 2.25 bits per heavy atom. The van der Waals surface area contributed by atoms with Crippen LogP contribution in [0.25, 0.3) is 0 Å². The summed E-state index contributed by atoms with van der Waals surface area (Å²) in [6.07, 6.45) is -0.212. The summed E-state index contributed by atoms with van der Waals surface area (Å²) in [6, 6.07) is 6.77. The topological polar surface area (TPSA) is 87.8 Å². The maximum absolute atomic E-state index is 12.2. The Morgan fingerprint density at radius 1 is 1.55 bits per heavy atom. The highest BCUT2D eigenvalue weighted by molar-refractivity contribution is 5.94. The van der Waals surface area contributed by atoms with E-state index >= 15 is 0 Å². The van der Waals surface area contributed by atoms with Crippen molar-refractivity contribution in [2.45, 2.75) is 19.1 Å². The molecule has 0 bridgehead atoms. The fourth-order valence-corrected chi connectivity index (χ4v) is 2.18. The second-order valence-electron chi connectivity index (χ2n) is 4.96. The first-order valence-corrected chi connectivity index (χ1v) is 6.73. The number of aliphatic hydroxyl groups excluding tert-OH is 1.